The van der Waals surface area contributed by atoms with E-state index in [0.717, 1.165) is 52.4 Å². The highest BCUT2D eigenvalue weighted by Gasteiger charge is 2.16. The summed E-state index contributed by atoms with van der Waals surface area (Å²) in [7, 11) is 1.65. The smallest absolute Gasteiger partial charge is 0.260 e. The fourth-order valence-electron chi connectivity index (χ4n) is 3.75. The second-order valence-electron chi connectivity index (χ2n) is 7.84. The summed E-state index contributed by atoms with van der Waals surface area (Å²) in [5, 5.41) is 5.21. The monoisotopic (exact) mass is 473 g/mol. The number of thiophene rings is 1. The molecule has 0 spiro atoms. The van der Waals surface area contributed by atoms with Gasteiger partial charge in [0, 0.05) is 35.3 Å². The molecule has 8 heteroatoms. The number of primary amides is 1. The van der Waals surface area contributed by atoms with Crippen molar-refractivity contribution in [1.29, 1.82) is 0 Å². The minimum absolute atomic E-state index is 0.416. The molecular formula is C26H27N5O2S. The van der Waals surface area contributed by atoms with E-state index in [0.29, 0.717) is 10.6 Å². The van der Waals surface area contributed by atoms with Crippen LogP contribution in [0, 0.1) is 0 Å². The predicted octanol–water partition coefficient (Wildman–Crippen LogP) is 4.76. The predicted molar refractivity (Wildman–Crippen MR) is 141 cm³/mol. The second kappa shape index (κ2) is 10.5. The number of anilines is 1. The van der Waals surface area contributed by atoms with Gasteiger partial charge in [-0.15, -0.1) is 11.3 Å². The molecule has 1 atom stereocenters. The van der Waals surface area contributed by atoms with Crippen molar-refractivity contribution < 1.29 is 9.53 Å². The van der Waals surface area contributed by atoms with Crippen molar-refractivity contribution in [2.24, 2.45) is 21.5 Å². The van der Waals surface area contributed by atoms with Crippen LogP contribution in [-0.2, 0) is 0 Å². The number of carbonyl (C=O) groups excluding carboxylic acids is 1. The molecule has 1 aliphatic rings. The standard InChI is InChI=1S/C26H27N5O2S/c1-16(30-23-10-12-34-24(23)26(28)32)21-14-18(17-5-3-7-20(13-17)33-2)8-9-22(21)31-25(27)19-6-4-11-29-15-19/h3,5-10,12-15,25,31H,4,11,27H2,1-2H3,(H2,28,32). The van der Waals surface area contributed by atoms with Crippen LogP contribution in [0.2, 0.25) is 0 Å². The number of hydrogen-bond acceptors (Lipinski definition) is 7. The molecule has 1 aromatic heterocycles. The van der Waals surface area contributed by atoms with Crippen LogP contribution in [0.25, 0.3) is 11.1 Å². The molecule has 2 aromatic carbocycles. The van der Waals surface area contributed by atoms with Crippen molar-refractivity contribution >= 4 is 40.5 Å². The Morgan fingerprint density at radius 1 is 1.21 bits per heavy atom. The summed E-state index contributed by atoms with van der Waals surface area (Å²) in [6.45, 7) is 2.69. The molecule has 0 saturated heterocycles. The number of methoxy groups -OCH3 is 1. The third kappa shape index (κ3) is 5.24. The molecule has 1 aliphatic heterocycles. The highest BCUT2D eigenvalue weighted by molar-refractivity contribution is 7.12. The first-order valence-electron chi connectivity index (χ1n) is 10.9. The lowest BCUT2D eigenvalue weighted by molar-refractivity contribution is 0.100. The zero-order valence-corrected chi connectivity index (χ0v) is 19.9. The maximum absolute atomic E-state index is 11.8. The van der Waals surface area contributed by atoms with Crippen molar-refractivity contribution in [2.75, 3.05) is 19.0 Å². The average molecular weight is 474 g/mol. The summed E-state index contributed by atoms with van der Waals surface area (Å²) in [5.74, 6) is 0.289. The van der Waals surface area contributed by atoms with E-state index >= 15 is 0 Å². The number of aliphatic imine (C=N–C) groups is 2. The molecular weight excluding hydrogens is 446 g/mol. The number of nitrogens with two attached hydrogens (primary N) is 2. The van der Waals surface area contributed by atoms with Crippen LogP contribution in [0.5, 0.6) is 5.75 Å². The first-order valence-corrected chi connectivity index (χ1v) is 11.8. The summed E-state index contributed by atoms with van der Waals surface area (Å²) < 4.78 is 5.39. The van der Waals surface area contributed by atoms with Gasteiger partial charge in [-0.2, -0.15) is 0 Å². The summed E-state index contributed by atoms with van der Waals surface area (Å²) in [5.41, 5.74) is 17.9. The maximum atomic E-state index is 11.8. The molecule has 3 aromatic rings. The number of amides is 1. The van der Waals surface area contributed by atoms with E-state index in [1.807, 2.05) is 54.9 Å². The van der Waals surface area contributed by atoms with E-state index in [9.17, 15) is 4.79 Å². The number of carbonyl (C=O) groups is 1. The molecule has 34 heavy (non-hydrogen) atoms. The van der Waals surface area contributed by atoms with Gasteiger partial charge in [0.1, 0.15) is 16.8 Å². The van der Waals surface area contributed by atoms with Gasteiger partial charge in [-0.1, -0.05) is 24.3 Å². The lowest BCUT2D eigenvalue weighted by Crippen LogP contribution is -2.33. The second-order valence-corrected chi connectivity index (χ2v) is 8.75. The number of nitrogens with zero attached hydrogens (tertiary/aromatic N) is 2. The van der Waals surface area contributed by atoms with Crippen LogP contribution < -0.4 is 21.5 Å². The van der Waals surface area contributed by atoms with Crippen molar-refractivity contribution in [1.82, 2.24) is 0 Å². The lowest BCUT2D eigenvalue weighted by Gasteiger charge is -2.21. The van der Waals surface area contributed by atoms with Crippen LogP contribution >= 0.6 is 11.3 Å². The van der Waals surface area contributed by atoms with Crippen LogP contribution in [0.15, 0.2) is 75.5 Å². The van der Waals surface area contributed by atoms with Crippen LogP contribution in [0.1, 0.15) is 28.6 Å². The van der Waals surface area contributed by atoms with Gasteiger partial charge in [-0.25, -0.2) is 0 Å². The quantitative estimate of drug-likeness (QED) is 0.323. The molecule has 7 nitrogen and oxygen atoms in total. The molecule has 2 heterocycles. The summed E-state index contributed by atoms with van der Waals surface area (Å²) in [6, 6.07) is 15.8. The molecule has 1 amide bonds. The van der Waals surface area contributed by atoms with Crippen molar-refractivity contribution in [3.63, 3.8) is 0 Å². The Morgan fingerprint density at radius 2 is 2.03 bits per heavy atom. The number of benzene rings is 2. The average Bonchev–Trinajstić information content (AvgIpc) is 3.33. The highest BCUT2D eigenvalue weighted by atomic mass is 32.1. The third-order valence-electron chi connectivity index (χ3n) is 5.52. The molecule has 1 unspecified atom stereocenters. The molecule has 0 saturated carbocycles. The molecule has 0 aliphatic carbocycles. The highest BCUT2D eigenvalue weighted by Crippen LogP contribution is 2.31. The van der Waals surface area contributed by atoms with Gasteiger partial charge in [-0.05, 0) is 60.2 Å². The van der Waals surface area contributed by atoms with Crippen molar-refractivity contribution in [2.45, 2.75) is 19.5 Å². The van der Waals surface area contributed by atoms with E-state index in [-0.39, 0.29) is 0 Å². The van der Waals surface area contributed by atoms with Crippen LogP contribution in [-0.4, -0.2) is 37.7 Å². The fraction of sp³-hybridized carbons (Fsp3) is 0.192. The first-order chi connectivity index (χ1) is 16.5. The lowest BCUT2D eigenvalue weighted by atomic mass is 9.99. The Bertz CT molecular complexity index is 1290. The Hall–Kier alpha value is -3.75. The van der Waals surface area contributed by atoms with Crippen LogP contribution in [0.4, 0.5) is 11.4 Å². The molecule has 0 fully saturated rings. The number of hydrogen-bond donors (Lipinski definition) is 3. The summed E-state index contributed by atoms with van der Waals surface area (Å²) in [4.78, 5) is 21.3. The molecule has 4 rings (SSSR count). The Balaban J connectivity index is 1.76. The van der Waals surface area contributed by atoms with Gasteiger partial charge >= 0.3 is 0 Å². The normalized spacial score (nSPS) is 14.4. The number of rotatable bonds is 8. The maximum Gasteiger partial charge on any atom is 0.260 e. The van der Waals surface area contributed by atoms with Gasteiger partial charge in [0.25, 0.3) is 5.91 Å². The fourth-order valence-corrected chi connectivity index (χ4v) is 4.44. The van der Waals surface area contributed by atoms with Gasteiger partial charge in [-0.3, -0.25) is 14.8 Å². The minimum Gasteiger partial charge on any atom is -0.497 e. The topological polar surface area (TPSA) is 115 Å². The molecule has 0 bridgehead atoms. The zero-order valence-electron chi connectivity index (χ0n) is 19.1. The minimum atomic E-state index is -0.490. The Kier molecular flexibility index (Phi) is 7.20. The van der Waals surface area contributed by atoms with E-state index < -0.39 is 12.1 Å². The molecule has 5 N–H and O–H groups in total. The summed E-state index contributed by atoms with van der Waals surface area (Å²) >= 11 is 1.28. The Morgan fingerprint density at radius 3 is 2.76 bits per heavy atom. The zero-order chi connectivity index (χ0) is 24.1. The molecule has 0 radical (unpaired) electrons. The Labute approximate surface area is 202 Å². The largest absolute Gasteiger partial charge is 0.497 e. The van der Waals surface area contributed by atoms with Gasteiger partial charge in [0.15, 0.2) is 0 Å². The van der Waals surface area contributed by atoms with Gasteiger partial charge in [0.05, 0.1) is 12.8 Å². The third-order valence-corrected chi connectivity index (χ3v) is 6.44. The van der Waals surface area contributed by atoms with Crippen LogP contribution in [0.3, 0.4) is 0 Å². The van der Waals surface area contributed by atoms with E-state index in [1.165, 1.54) is 11.3 Å². The number of dihydropyridines is 1. The number of ether oxygens (including phenoxy) is 1. The number of nitrogens with one attached hydrogen (secondary N) is 1. The van der Waals surface area contributed by atoms with E-state index in [1.54, 1.807) is 13.2 Å². The van der Waals surface area contributed by atoms with Crippen molar-refractivity contribution in [3.8, 4) is 16.9 Å². The SMILES string of the molecule is COc1cccc(-c2ccc(NC(N)C3=CCCN=C3)c(C(C)=Nc3ccsc3C(N)=O)c2)c1. The summed E-state index contributed by atoms with van der Waals surface area (Å²) in [6.07, 6.45) is 4.37. The van der Waals surface area contributed by atoms with Gasteiger partial charge in [0.2, 0.25) is 0 Å². The first kappa shape index (κ1) is 23.4. The van der Waals surface area contributed by atoms with Gasteiger partial charge < -0.3 is 21.5 Å². The van der Waals surface area contributed by atoms with E-state index in [4.69, 9.17) is 21.2 Å². The van der Waals surface area contributed by atoms with E-state index in [2.05, 4.69) is 22.5 Å². The molecule has 174 valence electrons. The van der Waals surface area contributed by atoms with Crippen molar-refractivity contribution in [3.05, 3.63) is 76.0 Å².